The van der Waals surface area contributed by atoms with Crippen molar-refractivity contribution in [3.05, 3.63) is 41.3 Å². The summed E-state index contributed by atoms with van der Waals surface area (Å²) < 4.78 is 19.5. The molecule has 0 radical (unpaired) electrons. The highest BCUT2D eigenvalue weighted by atomic mass is 35.5. The maximum Gasteiger partial charge on any atom is 0.146 e. The van der Waals surface area contributed by atoms with Gasteiger partial charge in [-0.05, 0) is 69.2 Å². The van der Waals surface area contributed by atoms with Crippen LogP contribution in [0.1, 0.15) is 45.4 Å². The summed E-state index contributed by atoms with van der Waals surface area (Å²) >= 11 is 6.46. The number of rotatable bonds is 10. The molecule has 2 fully saturated rings. The molecule has 0 aliphatic heterocycles. The van der Waals surface area contributed by atoms with E-state index in [1.807, 2.05) is 6.07 Å². The number of anilines is 2. The Balaban J connectivity index is 1.39. The minimum Gasteiger partial charge on any atom is -0.388 e. The highest BCUT2D eigenvalue weighted by molar-refractivity contribution is 6.33. The second-order valence-electron chi connectivity index (χ2n) is 9.54. The van der Waals surface area contributed by atoms with Crippen LogP contribution in [0.25, 0.3) is 11.1 Å². The largest absolute Gasteiger partial charge is 0.388 e. The Morgan fingerprint density at radius 2 is 1.94 bits per heavy atom. The Morgan fingerprint density at radius 3 is 2.64 bits per heavy atom. The minimum absolute atomic E-state index is 0.339. The molecule has 33 heavy (non-hydrogen) atoms. The molecule has 0 spiro atoms. The maximum absolute atomic E-state index is 14.3. The van der Waals surface area contributed by atoms with Gasteiger partial charge in [-0.3, -0.25) is 0 Å². The van der Waals surface area contributed by atoms with E-state index in [9.17, 15) is 9.50 Å². The van der Waals surface area contributed by atoms with E-state index in [2.05, 4.69) is 27.9 Å². The van der Waals surface area contributed by atoms with Crippen molar-refractivity contribution in [1.82, 2.24) is 10.3 Å². The molecule has 180 valence electrons. The Hall–Kier alpha value is -1.93. The second kappa shape index (κ2) is 10.6. The fourth-order valence-corrected chi connectivity index (χ4v) is 4.67. The van der Waals surface area contributed by atoms with Crippen molar-refractivity contribution >= 4 is 23.1 Å². The Labute approximate surface area is 200 Å². The highest BCUT2D eigenvalue weighted by Gasteiger charge is 2.40. The van der Waals surface area contributed by atoms with E-state index in [1.165, 1.54) is 6.07 Å². The van der Waals surface area contributed by atoms with Gasteiger partial charge in [-0.1, -0.05) is 17.7 Å². The topological polar surface area (TPSA) is 78.4 Å². The third kappa shape index (κ3) is 6.57. The van der Waals surface area contributed by atoms with Crippen molar-refractivity contribution in [2.75, 3.05) is 30.9 Å². The Bertz CT molecular complexity index is 948. The van der Waals surface area contributed by atoms with E-state index in [0.29, 0.717) is 35.4 Å². The van der Waals surface area contributed by atoms with Crippen LogP contribution in [0.15, 0.2) is 30.5 Å². The van der Waals surface area contributed by atoms with Gasteiger partial charge in [0.1, 0.15) is 11.6 Å². The molecule has 2 aliphatic carbocycles. The van der Waals surface area contributed by atoms with Crippen molar-refractivity contribution in [2.45, 2.75) is 69.2 Å². The summed E-state index contributed by atoms with van der Waals surface area (Å²) in [4.78, 5) is 4.47. The van der Waals surface area contributed by atoms with Crippen molar-refractivity contribution in [1.29, 1.82) is 0 Å². The monoisotopic (exact) mass is 476 g/mol. The third-order valence-electron chi connectivity index (χ3n) is 6.58. The molecule has 2 saturated carbocycles. The predicted molar refractivity (Wildman–Crippen MR) is 131 cm³/mol. The zero-order valence-electron chi connectivity index (χ0n) is 19.3. The summed E-state index contributed by atoms with van der Waals surface area (Å²) in [7, 11) is 1.73. The first kappa shape index (κ1) is 24.2. The molecule has 4 N–H and O–H groups in total. The molecular formula is C25H34ClFN4O2. The Kier molecular flexibility index (Phi) is 7.74. The predicted octanol–water partition coefficient (Wildman–Crippen LogP) is 4.83. The first-order valence-corrected chi connectivity index (χ1v) is 12.2. The number of hydrogen-bond acceptors (Lipinski definition) is 6. The van der Waals surface area contributed by atoms with Gasteiger partial charge in [-0.15, -0.1) is 0 Å². The number of aromatic nitrogens is 1. The lowest BCUT2D eigenvalue weighted by atomic mass is 9.90. The number of halogens is 2. The van der Waals surface area contributed by atoms with E-state index >= 15 is 0 Å². The minimum atomic E-state index is -0.704. The standard InChI is InChI=1S/C25H34ClFN4O2/c1-16(14-33-2)30-18-4-6-19(7-5-18)31-24-12-20(21(26)13-28-24)17-3-8-22(27)23(11-17)29-15-25(32)9-10-25/h3,8,11-13,16,18-19,29-30,32H,4-7,9-10,14-15H2,1-2H3,(H,28,31)/t16-,18-,19-/m1/s1. The Morgan fingerprint density at radius 1 is 1.21 bits per heavy atom. The average molecular weight is 477 g/mol. The molecule has 2 aliphatic rings. The lowest BCUT2D eigenvalue weighted by Crippen LogP contribution is -2.42. The van der Waals surface area contributed by atoms with Crippen molar-refractivity contribution in [3.63, 3.8) is 0 Å². The van der Waals surface area contributed by atoms with Gasteiger partial charge in [-0.25, -0.2) is 9.37 Å². The van der Waals surface area contributed by atoms with Crippen LogP contribution in [0.3, 0.4) is 0 Å². The number of ether oxygens (including phenoxy) is 1. The summed E-state index contributed by atoms with van der Waals surface area (Å²) in [6.45, 7) is 3.21. The van der Waals surface area contributed by atoms with Crippen molar-refractivity contribution in [2.24, 2.45) is 0 Å². The van der Waals surface area contributed by atoms with Crippen LogP contribution in [0.4, 0.5) is 15.9 Å². The lowest BCUT2D eigenvalue weighted by Gasteiger charge is -2.32. The molecular weight excluding hydrogens is 443 g/mol. The van der Waals surface area contributed by atoms with Crippen LogP contribution in [-0.4, -0.2) is 54.1 Å². The van der Waals surface area contributed by atoms with E-state index in [0.717, 1.165) is 62.1 Å². The zero-order valence-corrected chi connectivity index (χ0v) is 20.1. The van der Waals surface area contributed by atoms with Gasteiger partial charge in [0.25, 0.3) is 0 Å². The van der Waals surface area contributed by atoms with Crippen LogP contribution < -0.4 is 16.0 Å². The molecule has 1 atom stereocenters. The van der Waals surface area contributed by atoms with Crippen LogP contribution in [0.5, 0.6) is 0 Å². The number of nitrogens with one attached hydrogen (secondary N) is 3. The van der Waals surface area contributed by atoms with Gasteiger partial charge in [0.15, 0.2) is 0 Å². The van der Waals surface area contributed by atoms with Gasteiger partial charge in [0.05, 0.1) is 22.9 Å². The summed E-state index contributed by atoms with van der Waals surface area (Å²) in [6, 6.07) is 8.04. The molecule has 0 bridgehead atoms. The van der Waals surface area contributed by atoms with Crippen LogP contribution in [0.2, 0.25) is 5.02 Å². The number of methoxy groups -OCH3 is 1. The fraction of sp³-hybridized carbons (Fsp3) is 0.560. The van der Waals surface area contributed by atoms with Gasteiger partial charge < -0.3 is 25.8 Å². The summed E-state index contributed by atoms with van der Waals surface area (Å²) in [5, 5.41) is 20.8. The maximum atomic E-state index is 14.3. The van der Waals surface area contributed by atoms with Gasteiger partial charge in [-0.2, -0.15) is 0 Å². The molecule has 1 aromatic heterocycles. The summed E-state index contributed by atoms with van der Waals surface area (Å²) in [5.41, 5.74) is 1.26. The zero-order chi connectivity index (χ0) is 23.4. The number of hydrogen-bond donors (Lipinski definition) is 4. The first-order valence-electron chi connectivity index (χ1n) is 11.8. The van der Waals surface area contributed by atoms with Crippen LogP contribution >= 0.6 is 11.6 Å². The van der Waals surface area contributed by atoms with Gasteiger partial charge in [0, 0.05) is 43.5 Å². The number of benzene rings is 1. The van der Waals surface area contributed by atoms with E-state index in [4.69, 9.17) is 16.3 Å². The molecule has 1 heterocycles. The summed E-state index contributed by atoms with van der Waals surface area (Å²) in [6.07, 6.45) is 7.46. The average Bonchev–Trinajstić information content (AvgIpc) is 3.53. The molecule has 0 unspecified atom stereocenters. The number of nitrogens with zero attached hydrogens (tertiary/aromatic N) is 1. The van der Waals surface area contributed by atoms with Crippen molar-refractivity contribution in [3.8, 4) is 11.1 Å². The molecule has 8 heteroatoms. The van der Waals surface area contributed by atoms with E-state index in [-0.39, 0.29) is 5.82 Å². The number of pyridine rings is 1. The number of aliphatic hydroxyl groups is 1. The molecule has 2 aromatic rings. The van der Waals surface area contributed by atoms with E-state index in [1.54, 1.807) is 25.4 Å². The first-order chi connectivity index (χ1) is 15.8. The second-order valence-corrected chi connectivity index (χ2v) is 9.95. The fourth-order valence-electron chi connectivity index (χ4n) is 4.46. The molecule has 0 amide bonds. The summed E-state index contributed by atoms with van der Waals surface area (Å²) in [5.74, 6) is 0.418. The normalized spacial score (nSPS) is 22.6. The smallest absolute Gasteiger partial charge is 0.146 e. The van der Waals surface area contributed by atoms with Crippen LogP contribution in [-0.2, 0) is 4.74 Å². The lowest BCUT2D eigenvalue weighted by molar-refractivity contribution is 0.161. The third-order valence-corrected chi connectivity index (χ3v) is 6.89. The van der Waals surface area contributed by atoms with Crippen LogP contribution in [0, 0.1) is 5.82 Å². The molecule has 6 nitrogen and oxygen atoms in total. The van der Waals surface area contributed by atoms with Gasteiger partial charge in [0.2, 0.25) is 0 Å². The quantitative estimate of drug-likeness (QED) is 0.393. The molecule has 4 rings (SSSR count). The highest BCUT2D eigenvalue weighted by Crippen LogP contribution is 2.36. The SMILES string of the molecule is COC[C@@H](C)N[C@H]1CC[C@H](Nc2cc(-c3ccc(F)c(NCC4(O)CC4)c3)c(Cl)cn2)CC1. The van der Waals surface area contributed by atoms with E-state index < -0.39 is 5.60 Å². The molecule has 0 saturated heterocycles. The molecule has 1 aromatic carbocycles. The van der Waals surface area contributed by atoms with Crippen molar-refractivity contribution < 1.29 is 14.2 Å². The van der Waals surface area contributed by atoms with Gasteiger partial charge >= 0.3 is 0 Å².